The van der Waals surface area contributed by atoms with Crippen LogP contribution in [0, 0.1) is 5.92 Å². The van der Waals surface area contributed by atoms with Gasteiger partial charge in [0.05, 0.1) is 24.2 Å². The van der Waals surface area contributed by atoms with E-state index < -0.39 is 0 Å². The molecule has 1 atom stereocenters. The highest BCUT2D eigenvalue weighted by Crippen LogP contribution is 2.24. The first-order valence-corrected chi connectivity index (χ1v) is 8.67. The molecule has 0 saturated carbocycles. The normalized spacial score (nSPS) is 21.0. The highest BCUT2D eigenvalue weighted by Gasteiger charge is 2.41. The van der Waals surface area contributed by atoms with Gasteiger partial charge in [0.2, 0.25) is 17.8 Å². The van der Waals surface area contributed by atoms with Gasteiger partial charge in [-0.05, 0) is 19.2 Å². The van der Waals surface area contributed by atoms with Crippen LogP contribution in [0.2, 0.25) is 0 Å². The number of nitrogens with one attached hydrogen (secondary N) is 1. The molecule has 1 N–H and O–H groups in total. The van der Waals surface area contributed by atoms with Gasteiger partial charge in [-0.1, -0.05) is 6.07 Å². The van der Waals surface area contributed by atoms with Gasteiger partial charge in [0.1, 0.15) is 6.33 Å². The summed E-state index contributed by atoms with van der Waals surface area (Å²) in [6.45, 7) is 2.70. The summed E-state index contributed by atoms with van der Waals surface area (Å²) in [7, 11) is 2.02. The van der Waals surface area contributed by atoms with E-state index in [1.807, 2.05) is 30.1 Å². The Balaban J connectivity index is 1.33. The van der Waals surface area contributed by atoms with E-state index in [9.17, 15) is 9.59 Å². The van der Waals surface area contributed by atoms with Crippen LogP contribution in [-0.2, 0) is 16.1 Å². The van der Waals surface area contributed by atoms with Gasteiger partial charge in [0.15, 0.2) is 0 Å². The van der Waals surface area contributed by atoms with Crippen LogP contribution in [0.1, 0.15) is 12.1 Å². The topological polar surface area (TPSA) is 96.2 Å². The van der Waals surface area contributed by atoms with Crippen LogP contribution in [0.15, 0.2) is 30.7 Å². The average Bonchev–Trinajstić information content (AvgIpc) is 3.19. The number of nitrogens with zero attached hydrogens (tertiary/aromatic N) is 6. The lowest BCUT2D eigenvalue weighted by Crippen LogP contribution is -2.58. The van der Waals surface area contributed by atoms with Gasteiger partial charge in [-0.2, -0.15) is 0 Å². The van der Waals surface area contributed by atoms with Crippen molar-refractivity contribution in [2.45, 2.75) is 19.0 Å². The average molecular weight is 355 g/mol. The van der Waals surface area contributed by atoms with E-state index in [1.54, 1.807) is 17.2 Å². The predicted octanol–water partition coefficient (Wildman–Crippen LogP) is -0.178. The minimum atomic E-state index is -0.351. The van der Waals surface area contributed by atoms with E-state index >= 15 is 0 Å². The third kappa shape index (κ3) is 3.43. The summed E-state index contributed by atoms with van der Waals surface area (Å²) in [5.41, 5.74) is 0.859. The van der Waals surface area contributed by atoms with Gasteiger partial charge in [0, 0.05) is 32.3 Å². The Bertz CT molecular complexity index is 800. The molecule has 0 aromatic carbocycles. The number of carbonyl (C=O) groups is 2. The van der Waals surface area contributed by atoms with Crippen molar-refractivity contribution >= 4 is 17.8 Å². The molecule has 0 radical (unpaired) electrons. The van der Waals surface area contributed by atoms with Crippen molar-refractivity contribution in [1.29, 1.82) is 0 Å². The van der Waals surface area contributed by atoms with Gasteiger partial charge in [-0.3, -0.25) is 19.9 Å². The molecule has 4 heterocycles. The van der Waals surface area contributed by atoms with Crippen LogP contribution >= 0.6 is 0 Å². The van der Waals surface area contributed by atoms with Gasteiger partial charge in [-0.25, -0.2) is 9.67 Å². The van der Waals surface area contributed by atoms with Crippen molar-refractivity contribution in [2.24, 2.45) is 5.92 Å². The molecular weight excluding hydrogens is 334 g/mol. The molecular formula is C17H21N7O2. The second-order valence-electron chi connectivity index (χ2n) is 6.90. The smallest absolute Gasteiger partial charge is 0.248 e. The Hall–Kier alpha value is -2.81. The summed E-state index contributed by atoms with van der Waals surface area (Å²) in [6, 6.07) is 5.90. The van der Waals surface area contributed by atoms with Crippen molar-refractivity contribution in [1.82, 2.24) is 29.5 Å². The Morgan fingerprint density at radius 3 is 2.85 bits per heavy atom. The molecule has 2 saturated heterocycles. The number of rotatable bonds is 5. The maximum atomic E-state index is 12.5. The van der Waals surface area contributed by atoms with Crippen molar-refractivity contribution in [3.05, 3.63) is 36.4 Å². The van der Waals surface area contributed by atoms with Gasteiger partial charge in [0.25, 0.3) is 0 Å². The fourth-order valence-electron chi connectivity index (χ4n) is 3.42. The monoisotopic (exact) mass is 355 g/mol. The van der Waals surface area contributed by atoms with Crippen LogP contribution in [0.5, 0.6) is 0 Å². The SMILES string of the molecule is CN1CC(N2CC(C(=O)Nc3ncn(Cc4ccccn4)n3)CC2=O)C1. The van der Waals surface area contributed by atoms with Gasteiger partial charge in [-0.15, -0.1) is 5.10 Å². The van der Waals surface area contributed by atoms with Crippen molar-refractivity contribution in [3.8, 4) is 0 Å². The Morgan fingerprint density at radius 2 is 2.12 bits per heavy atom. The third-order valence-electron chi connectivity index (χ3n) is 4.84. The lowest BCUT2D eigenvalue weighted by Gasteiger charge is -2.42. The molecule has 2 aliphatic heterocycles. The van der Waals surface area contributed by atoms with Gasteiger partial charge < -0.3 is 9.80 Å². The first kappa shape index (κ1) is 16.6. The molecule has 136 valence electrons. The molecule has 2 aromatic rings. The molecule has 2 amide bonds. The number of hydrogen-bond acceptors (Lipinski definition) is 6. The Labute approximate surface area is 151 Å². The van der Waals surface area contributed by atoms with Crippen LogP contribution < -0.4 is 5.32 Å². The minimum absolute atomic E-state index is 0.0527. The molecule has 26 heavy (non-hydrogen) atoms. The second kappa shape index (κ2) is 6.83. The fourth-order valence-corrected chi connectivity index (χ4v) is 3.42. The summed E-state index contributed by atoms with van der Waals surface area (Å²) < 4.78 is 1.62. The molecule has 2 aliphatic rings. The number of aromatic nitrogens is 4. The van der Waals surface area contributed by atoms with Crippen LogP contribution in [0.25, 0.3) is 0 Å². The maximum absolute atomic E-state index is 12.5. The number of anilines is 1. The second-order valence-corrected chi connectivity index (χ2v) is 6.90. The number of likely N-dealkylation sites (N-methyl/N-ethyl adjacent to an activating group) is 1. The molecule has 0 aliphatic carbocycles. The quantitative estimate of drug-likeness (QED) is 0.799. The number of pyridine rings is 1. The lowest BCUT2D eigenvalue weighted by molar-refractivity contribution is -0.132. The zero-order valence-corrected chi connectivity index (χ0v) is 14.6. The zero-order valence-electron chi connectivity index (χ0n) is 14.6. The molecule has 2 fully saturated rings. The highest BCUT2D eigenvalue weighted by atomic mass is 16.2. The first-order chi connectivity index (χ1) is 12.6. The first-order valence-electron chi connectivity index (χ1n) is 8.67. The summed E-state index contributed by atoms with van der Waals surface area (Å²) in [5.74, 6) is -0.252. The largest absolute Gasteiger partial charge is 0.336 e. The fraction of sp³-hybridized carbons (Fsp3) is 0.471. The number of hydrogen-bond donors (Lipinski definition) is 1. The molecule has 4 rings (SSSR count). The molecule has 0 spiro atoms. The third-order valence-corrected chi connectivity index (χ3v) is 4.84. The standard InChI is InChI=1S/C17H21N7O2/c1-22-9-14(10-22)24-7-12(6-15(24)25)16(26)20-17-19-11-23(21-17)8-13-4-2-3-5-18-13/h2-5,11-12,14H,6-10H2,1H3,(H,20,21,26). The van der Waals surface area contributed by atoms with Crippen LogP contribution in [-0.4, -0.2) is 74.1 Å². The van der Waals surface area contributed by atoms with Crippen LogP contribution in [0.3, 0.4) is 0 Å². The maximum Gasteiger partial charge on any atom is 0.248 e. The molecule has 9 nitrogen and oxygen atoms in total. The summed E-state index contributed by atoms with van der Waals surface area (Å²) >= 11 is 0. The zero-order chi connectivity index (χ0) is 18.1. The van der Waals surface area contributed by atoms with E-state index in [0.717, 1.165) is 18.8 Å². The molecule has 9 heteroatoms. The lowest BCUT2D eigenvalue weighted by atomic mass is 10.1. The molecule has 2 aromatic heterocycles. The van der Waals surface area contributed by atoms with Crippen LogP contribution in [0.4, 0.5) is 5.95 Å². The van der Waals surface area contributed by atoms with E-state index in [-0.39, 0.29) is 36.1 Å². The summed E-state index contributed by atoms with van der Waals surface area (Å²) in [4.78, 5) is 37.0. The van der Waals surface area contributed by atoms with E-state index in [1.165, 1.54) is 0 Å². The number of likely N-dealkylation sites (tertiary alicyclic amines) is 2. The van der Waals surface area contributed by atoms with Gasteiger partial charge >= 0.3 is 0 Å². The van der Waals surface area contributed by atoms with E-state index in [4.69, 9.17) is 0 Å². The van der Waals surface area contributed by atoms with Crippen molar-refractivity contribution < 1.29 is 9.59 Å². The predicted molar refractivity (Wildman–Crippen MR) is 93.1 cm³/mol. The summed E-state index contributed by atoms with van der Waals surface area (Å²) in [5, 5.41) is 6.98. The Kier molecular flexibility index (Phi) is 4.37. The molecule has 0 bridgehead atoms. The minimum Gasteiger partial charge on any atom is -0.336 e. The van der Waals surface area contributed by atoms with Crippen molar-refractivity contribution in [3.63, 3.8) is 0 Å². The molecule has 1 unspecified atom stereocenters. The number of amides is 2. The number of carbonyl (C=O) groups excluding carboxylic acids is 2. The highest BCUT2D eigenvalue weighted by molar-refractivity contribution is 5.96. The van der Waals surface area contributed by atoms with E-state index in [2.05, 4.69) is 25.3 Å². The van der Waals surface area contributed by atoms with E-state index in [0.29, 0.717) is 13.1 Å². The Morgan fingerprint density at radius 1 is 1.27 bits per heavy atom. The van der Waals surface area contributed by atoms with Crippen molar-refractivity contribution in [2.75, 3.05) is 32.0 Å². The summed E-state index contributed by atoms with van der Waals surface area (Å²) in [6.07, 6.45) is 3.53.